The van der Waals surface area contributed by atoms with Crippen molar-refractivity contribution in [1.29, 1.82) is 5.26 Å². The monoisotopic (exact) mass is 283 g/mol. The summed E-state index contributed by atoms with van der Waals surface area (Å²) in [4.78, 5) is 0. The van der Waals surface area contributed by atoms with Crippen LogP contribution in [-0.2, 0) is 0 Å². The molecule has 0 spiro atoms. The Bertz CT molecular complexity index is 706. The molecule has 3 rings (SSSR count). The van der Waals surface area contributed by atoms with E-state index in [9.17, 15) is 0 Å². The van der Waals surface area contributed by atoms with Gasteiger partial charge >= 0.3 is 0 Å². The van der Waals surface area contributed by atoms with E-state index in [1.807, 2.05) is 18.2 Å². The molecule has 1 aliphatic heterocycles. The first kappa shape index (κ1) is 13.3. The Balaban J connectivity index is 2.02. The van der Waals surface area contributed by atoms with Crippen molar-refractivity contribution >= 4 is 27.2 Å². The van der Waals surface area contributed by atoms with Crippen molar-refractivity contribution in [2.75, 3.05) is 6.54 Å². The van der Waals surface area contributed by atoms with E-state index in [1.165, 1.54) is 17.1 Å². The number of hydrogen-bond acceptors (Lipinski definition) is 4. The van der Waals surface area contributed by atoms with Crippen LogP contribution in [-0.4, -0.2) is 17.0 Å². The average molecular weight is 283 g/mol. The molecule has 1 N–H and O–H groups in total. The van der Waals surface area contributed by atoms with Crippen molar-refractivity contribution in [1.82, 2.24) is 9.69 Å². The second-order valence-electron chi connectivity index (χ2n) is 5.55. The van der Waals surface area contributed by atoms with Crippen molar-refractivity contribution in [3.05, 3.63) is 35.5 Å². The summed E-state index contributed by atoms with van der Waals surface area (Å²) in [5, 5.41) is 13.7. The zero-order chi connectivity index (χ0) is 14.1. The Morgan fingerprint density at radius 2 is 2.30 bits per heavy atom. The second-order valence-corrected chi connectivity index (χ2v) is 6.35. The fraction of sp³-hybridized carbons (Fsp3) is 0.375. The van der Waals surface area contributed by atoms with Crippen molar-refractivity contribution < 1.29 is 0 Å². The molecule has 2 aromatic rings. The molecule has 0 saturated carbocycles. The van der Waals surface area contributed by atoms with Crippen LogP contribution >= 0.6 is 11.5 Å². The summed E-state index contributed by atoms with van der Waals surface area (Å²) >= 11 is 1.52. The standard InChI is InChI=1S/C16H17N3S/c1-10(2)14-8-12(5-6-18-14)16-13-7-11(9-17)3-4-15(13)20-19-16/h3-5,7,10,14,18H,6,8H2,1-2H3. The molecule has 20 heavy (non-hydrogen) atoms. The molecule has 0 saturated heterocycles. The van der Waals surface area contributed by atoms with E-state index in [1.54, 1.807) is 0 Å². The Kier molecular flexibility index (Phi) is 3.56. The predicted molar refractivity (Wildman–Crippen MR) is 83.6 cm³/mol. The first-order valence-corrected chi connectivity index (χ1v) is 7.68. The van der Waals surface area contributed by atoms with Gasteiger partial charge in [0, 0.05) is 18.0 Å². The SMILES string of the molecule is CC(C)C1CC(c2nsc3ccc(C#N)cc23)=CCN1. The summed E-state index contributed by atoms with van der Waals surface area (Å²) in [6, 6.07) is 8.53. The summed E-state index contributed by atoms with van der Waals surface area (Å²) in [5.74, 6) is 0.610. The quantitative estimate of drug-likeness (QED) is 0.916. The fourth-order valence-electron chi connectivity index (χ4n) is 2.63. The van der Waals surface area contributed by atoms with Gasteiger partial charge < -0.3 is 5.32 Å². The third-order valence-electron chi connectivity index (χ3n) is 3.88. The lowest BCUT2D eigenvalue weighted by molar-refractivity contribution is 0.412. The molecule has 0 bridgehead atoms. The second kappa shape index (κ2) is 5.35. The Morgan fingerprint density at radius 3 is 3.05 bits per heavy atom. The molecular weight excluding hydrogens is 266 g/mol. The molecule has 2 heterocycles. The van der Waals surface area contributed by atoms with E-state index in [4.69, 9.17) is 5.26 Å². The van der Waals surface area contributed by atoms with E-state index in [-0.39, 0.29) is 0 Å². The molecule has 1 atom stereocenters. The highest BCUT2D eigenvalue weighted by atomic mass is 32.1. The maximum Gasteiger partial charge on any atom is 0.0991 e. The van der Waals surface area contributed by atoms with Gasteiger partial charge in [0.05, 0.1) is 22.0 Å². The highest BCUT2D eigenvalue weighted by Crippen LogP contribution is 2.32. The minimum absolute atomic E-state index is 0.505. The Morgan fingerprint density at radius 1 is 1.45 bits per heavy atom. The van der Waals surface area contributed by atoms with Crippen LogP contribution in [0, 0.1) is 17.2 Å². The van der Waals surface area contributed by atoms with Crippen molar-refractivity contribution in [2.24, 2.45) is 5.92 Å². The van der Waals surface area contributed by atoms with Crippen LogP contribution in [0.25, 0.3) is 15.7 Å². The van der Waals surface area contributed by atoms with Crippen molar-refractivity contribution in [3.63, 3.8) is 0 Å². The first-order valence-electron chi connectivity index (χ1n) is 6.91. The van der Waals surface area contributed by atoms with Crippen LogP contribution in [0.3, 0.4) is 0 Å². The molecule has 0 aliphatic carbocycles. The van der Waals surface area contributed by atoms with E-state index < -0.39 is 0 Å². The van der Waals surface area contributed by atoms with Crippen molar-refractivity contribution in [3.8, 4) is 6.07 Å². The average Bonchev–Trinajstić information content (AvgIpc) is 2.90. The number of rotatable bonds is 2. The zero-order valence-electron chi connectivity index (χ0n) is 11.7. The molecule has 1 aliphatic rings. The van der Waals surface area contributed by atoms with Gasteiger partial charge in [0.15, 0.2) is 0 Å². The molecule has 102 valence electrons. The summed E-state index contributed by atoms with van der Waals surface area (Å²) in [6.07, 6.45) is 3.24. The molecule has 0 radical (unpaired) electrons. The number of hydrogen-bond donors (Lipinski definition) is 1. The van der Waals surface area contributed by atoms with Gasteiger partial charge in [0.25, 0.3) is 0 Å². The van der Waals surface area contributed by atoms with Crippen molar-refractivity contribution in [2.45, 2.75) is 26.3 Å². The van der Waals surface area contributed by atoms with Crippen LogP contribution in [0.1, 0.15) is 31.5 Å². The zero-order valence-corrected chi connectivity index (χ0v) is 12.5. The molecule has 3 nitrogen and oxygen atoms in total. The summed E-state index contributed by atoms with van der Waals surface area (Å²) in [7, 11) is 0. The van der Waals surface area contributed by atoms with E-state index >= 15 is 0 Å². The van der Waals surface area contributed by atoms with Crippen LogP contribution in [0.2, 0.25) is 0 Å². The molecule has 1 aromatic carbocycles. The maximum absolute atomic E-state index is 9.06. The number of nitrogens with one attached hydrogen (secondary N) is 1. The topological polar surface area (TPSA) is 48.7 Å². The van der Waals surface area contributed by atoms with Gasteiger partial charge in [0.2, 0.25) is 0 Å². The van der Waals surface area contributed by atoms with Gasteiger partial charge in [-0.3, -0.25) is 0 Å². The summed E-state index contributed by atoms with van der Waals surface area (Å²) in [6.45, 7) is 5.39. The molecule has 0 amide bonds. The molecule has 0 fully saturated rings. The first-order chi connectivity index (χ1) is 9.69. The lowest BCUT2D eigenvalue weighted by atomic mass is 9.91. The van der Waals surface area contributed by atoms with Gasteiger partial charge in [0.1, 0.15) is 0 Å². The molecular formula is C16H17N3S. The summed E-state index contributed by atoms with van der Waals surface area (Å²) in [5.41, 5.74) is 3.08. The van der Waals surface area contributed by atoms with Gasteiger partial charge in [-0.1, -0.05) is 19.9 Å². The van der Waals surface area contributed by atoms with Gasteiger partial charge in [-0.2, -0.15) is 9.64 Å². The van der Waals surface area contributed by atoms with E-state index in [0.717, 1.165) is 28.7 Å². The normalized spacial score (nSPS) is 19.1. The van der Waals surface area contributed by atoms with Gasteiger partial charge in [-0.05, 0) is 47.6 Å². The third kappa shape index (κ3) is 2.35. The highest BCUT2D eigenvalue weighted by molar-refractivity contribution is 7.13. The predicted octanol–water partition coefficient (Wildman–Crippen LogP) is 3.57. The molecule has 1 unspecified atom stereocenters. The lowest BCUT2D eigenvalue weighted by Gasteiger charge is -2.26. The molecule has 4 heteroatoms. The van der Waals surface area contributed by atoms with Crippen LogP contribution in [0.15, 0.2) is 24.3 Å². The van der Waals surface area contributed by atoms with Crippen LogP contribution in [0.5, 0.6) is 0 Å². The van der Waals surface area contributed by atoms with Crippen LogP contribution in [0.4, 0.5) is 0 Å². The minimum atomic E-state index is 0.505. The number of nitrogens with zero attached hydrogens (tertiary/aromatic N) is 2. The Labute approximate surface area is 123 Å². The smallest absolute Gasteiger partial charge is 0.0991 e. The van der Waals surface area contributed by atoms with Gasteiger partial charge in [-0.25, -0.2) is 0 Å². The number of fused-ring (bicyclic) bond motifs is 1. The van der Waals surface area contributed by atoms with E-state index in [0.29, 0.717) is 17.5 Å². The lowest BCUT2D eigenvalue weighted by Crippen LogP contribution is -2.37. The summed E-state index contributed by atoms with van der Waals surface area (Å²) < 4.78 is 5.78. The van der Waals surface area contributed by atoms with Gasteiger partial charge in [-0.15, -0.1) is 0 Å². The fourth-order valence-corrected chi connectivity index (χ4v) is 3.42. The number of benzene rings is 1. The van der Waals surface area contributed by atoms with Crippen LogP contribution < -0.4 is 5.32 Å². The number of nitriles is 1. The van der Waals surface area contributed by atoms with E-state index in [2.05, 4.69) is 35.7 Å². The number of aromatic nitrogens is 1. The largest absolute Gasteiger partial charge is 0.310 e. The highest BCUT2D eigenvalue weighted by Gasteiger charge is 2.21. The maximum atomic E-state index is 9.06. The molecule has 1 aromatic heterocycles. The minimum Gasteiger partial charge on any atom is -0.310 e. The Hall–Kier alpha value is -1.70. The third-order valence-corrected chi connectivity index (χ3v) is 4.70.